The summed E-state index contributed by atoms with van der Waals surface area (Å²) < 4.78 is 40.8. The summed E-state index contributed by atoms with van der Waals surface area (Å²) in [6.45, 7) is 30.2. The highest BCUT2D eigenvalue weighted by atomic mass is 16.6. The van der Waals surface area contributed by atoms with Gasteiger partial charge in [-0.2, -0.15) is 0 Å². The first-order chi connectivity index (χ1) is 31.4. The predicted molar refractivity (Wildman–Crippen MR) is 255 cm³/mol. The van der Waals surface area contributed by atoms with Gasteiger partial charge in [0.1, 0.15) is 13.2 Å². The van der Waals surface area contributed by atoms with Crippen molar-refractivity contribution in [2.45, 2.75) is 170 Å². The molecule has 0 spiro atoms. The second-order valence-corrected chi connectivity index (χ2v) is 17.3. The first kappa shape index (κ1) is 61.7. The van der Waals surface area contributed by atoms with Crippen LogP contribution >= 0.6 is 0 Å². The first-order valence-electron chi connectivity index (χ1n) is 24.3. The molecule has 0 aromatic carbocycles. The number of carbonyl (C=O) groups excluding carboxylic acids is 6. The van der Waals surface area contributed by atoms with E-state index >= 15 is 0 Å². The van der Waals surface area contributed by atoms with Gasteiger partial charge in [-0.15, -0.1) is 0 Å². The topological polar surface area (TPSA) is 176 Å². The molecular formula is C52H86O14. The molecule has 0 amide bonds. The van der Waals surface area contributed by atoms with Crippen molar-refractivity contribution in [3.63, 3.8) is 0 Å². The summed E-state index contributed by atoms with van der Waals surface area (Å²) in [7, 11) is 0. The van der Waals surface area contributed by atoms with Crippen LogP contribution in [0.1, 0.15) is 158 Å². The quantitative estimate of drug-likeness (QED) is 0.0300. The second-order valence-electron chi connectivity index (χ2n) is 17.3. The van der Waals surface area contributed by atoms with Gasteiger partial charge in [-0.3, -0.25) is 9.59 Å². The Morgan fingerprint density at radius 2 is 0.848 bits per heavy atom. The molecular weight excluding hydrogens is 849 g/mol. The number of fused-ring (bicyclic) bond motifs is 5. The van der Waals surface area contributed by atoms with Crippen LogP contribution in [0.15, 0.2) is 48.6 Å². The van der Waals surface area contributed by atoms with Crippen molar-refractivity contribution in [1.29, 1.82) is 0 Å². The normalized spacial score (nSPS) is 18.1. The van der Waals surface area contributed by atoms with Crippen LogP contribution in [0.5, 0.6) is 0 Å². The summed E-state index contributed by atoms with van der Waals surface area (Å²) >= 11 is 0. The highest BCUT2D eigenvalue weighted by molar-refractivity contribution is 5.88. The van der Waals surface area contributed by atoms with Gasteiger partial charge in [0.25, 0.3) is 0 Å². The molecule has 0 aromatic rings. The van der Waals surface area contributed by atoms with E-state index in [4.69, 9.17) is 37.9 Å². The van der Waals surface area contributed by atoms with Crippen LogP contribution in [0, 0.1) is 23.7 Å². The molecule has 0 aliphatic heterocycles. The minimum atomic E-state index is -0.637. The molecule has 66 heavy (non-hydrogen) atoms. The van der Waals surface area contributed by atoms with Crippen molar-refractivity contribution in [3.8, 4) is 0 Å². The molecule has 14 nitrogen and oxygen atoms in total. The second kappa shape index (κ2) is 37.8. The minimum Gasteiger partial charge on any atom is -0.462 e. The fraction of sp³-hybridized carbons (Fsp3) is 0.731. The summed E-state index contributed by atoms with van der Waals surface area (Å²) in [6, 6.07) is 0. The van der Waals surface area contributed by atoms with Crippen molar-refractivity contribution in [2.24, 2.45) is 23.7 Å². The zero-order valence-corrected chi connectivity index (χ0v) is 42.0. The third kappa shape index (κ3) is 29.4. The molecule has 14 heteroatoms. The van der Waals surface area contributed by atoms with Gasteiger partial charge in [-0.05, 0) is 123 Å². The van der Waals surface area contributed by atoms with Crippen LogP contribution in [-0.2, 0) is 66.7 Å². The number of hydrogen-bond acceptors (Lipinski definition) is 14. The van der Waals surface area contributed by atoms with Gasteiger partial charge in [0.2, 0.25) is 0 Å². The smallest absolute Gasteiger partial charge is 0.333 e. The van der Waals surface area contributed by atoms with E-state index in [1.807, 2.05) is 20.8 Å². The van der Waals surface area contributed by atoms with Crippen molar-refractivity contribution < 1.29 is 66.7 Å². The molecule has 0 heterocycles. The van der Waals surface area contributed by atoms with E-state index in [-0.39, 0.29) is 62.3 Å². The standard InChI is InChI=1S/C20H32O7.C14H24O5.C10H16.C8H14O2/c1-6-24-13-17(14-26-20(23)16(4)5)27-18(21)11-9-7-8-10-12-25-19(22)15(2)3;1-5-7-8-13(15)19-12(9-17-6-2)10-18-14(16)11(3)4;1-2-9-7-4-5-8(6-7)10(9)3-1;1-4-5-6-10-8(9)7(2)3/h17H,2,4,6-14H2,1,3,5H3;12H,3,5-10H2,1-2,4H3;7-10H,1-6H2;2,4-6H2,1,3H3. The maximum absolute atomic E-state index is 11.9. The lowest BCUT2D eigenvalue weighted by atomic mass is 9.82. The van der Waals surface area contributed by atoms with Gasteiger partial charge in [-0.25, -0.2) is 19.2 Å². The zero-order valence-electron chi connectivity index (χ0n) is 42.0. The van der Waals surface area contributed by atoms with E-state index in [1.165, 1.54) is 23.7 Å². The van der Waals surface area contributed by atoms with E-state index in [1.54, 1.807) is 66.2 Å². The Bertz CT molecular complexity index is 1490. The lowest BCUT2D eigenvalue weighted by Gasteiger charge is -2.23. The van der Waals surface area contributed by atoms with Crippen molar-refractivity contribution in [1.82, 2.24) is 0 Å². The molecule has 3 rings (SSSR count). The summed E-state index contributed by atoms with van der Waals surface area (Å²) in [4.78, 5) is 68.1. The lowest BCUT2D eigenvalue weighted by Crippen LogP contribution is -2.30. The lowest BCUT2D eigenvalue weighted by molar-refractivity contribution is -0.161. The number of rotatable bonds is 29. The maximum Gasteiger partial charge on any atom is 0.333 e. The fourth-order valence-corrected chi connectivity index (χ4v) is 7.59. The Morgan fingerprint density at radius 1 is 0.470 bits per heavy atom. The van der Waals surface area contributed by atoms with E-state index in [9.17, 15) is 28.8 Å². The molecule has 0 N–H and O–H groups in total. The molecule has 0 radical (unpaired) electrons. The van der Waals surface area contributed by atoms with Crippen LogP contribution in [-0.4, -0.2) is 101 Å². The van der Waals surface area contributed by atoms with E-state index in [0.29, 0.717) is 56.0 Å². The minimum absolute atomic E-state index is 0.0104. The van der Waals surface area contributed by atoms with E-state index in [0.717, 1.165) is 44.9 Å². The van der Waals surface area contributed by atoms with Crippen molar-refractivity contribution >= 4 is 35.8 Å². The molecule has 3 saturated carbocycles. The van der Waals surface area contributed by atoms with Crippen LogP contribution in [0.3, 0.4) is 0 Å². The van der Waals surface area contributed by atoms with Gasteiger partial charge in [0.15, 0.2) is 12.2 Å². The van der Waals surface area contributed by atoms with Crippen molar-refractivity contribution in [2.75, 3.05) is 52.9 Å². The van der Waals surface area contributed by atoms with E-state index in [2.05, 4.69) is 33.2 Å². The van der Waals surface area contributed by atoms with Gasteiger partial charge < -0.3 is 37.9 Å². The van der Waals surface area contributed by atoms with Gasteiger partial charge in [0.05, 0.1) is 26.4 Å². The average molecular weight is 935 g/mol. The van der Waals surface area contributed by atoms with E-state index < -0.39 is 24.1 Å². The summed E-state index contributed by atoms with van der Waals surface area (Å²) in [5, 5.41) is 0. The summed E-state index contributed by atoms with van der Waals surface area (Å²) in [6.07, 6.45) is 15.7. The highest BCUT2D eigenvalue weighted by Crippen LogP contribution is 2.58. The van der Waals surface area contributed by atoms with Crippen molar-refractivity contribution in [3.05, 3.63) is 48.6 Å². The first-order valence-corrected chi connectivity index (χ1v) is 24.3. The van der Waals surface area contributed by atoms with Gasteiger partial charge >= 0.3 is 35.8 Å². The number of esters is 6. The van der Waals surface area contributed by atoms with Crippen LogP contribution < -0.4 is 0 Å². The molecule has 3 aliphatic rings. The molecule has 378 valence electrons. The molecule has 3 aliphatic carbocycles. The average Bonchev–Trinajstić information content (AvgIpc) is 4.05. The van der Waals surface area contributed by atoms with Gasteiger partial charge in [-0.1, -0.05) is 72.3 Å². The molecule has 6 atom stereocenters. The Hall–Kier alpha value is -4.30. The molecule has 0 aromatic heterocycles. The Balaban J connectivity index is 0.000000926. The summed E-state index contributed by atoms with van der Waals surface area (Å²) in [5.41, 5.74) is 1.45. The third-order valence-corrected chi connectivity index (χ3v) is 11.1. The monoisotopic (exact) mass is 935 g/mol. The molecule has 3 fully saturated rings. The Morgan fingerprint density at radius 3 is 1.24 bits per heavy atom. The number of unbranched alkanes of at least 4 members (excludes halogenated alkanes) is 5. The van der Waals surface area contributed by atoms with Crippen LogP contribution in [0.4, 0.5) is 0 Å². The predicted octanol–water partition coefficient (Wildman–Crippen LogP) is 10.1. The molecule has 6 unspecified atom stereocenters. The molecule has 2 bridgehead atoms. The summed E-state index contributed by atoms with van der Waals surface area (Å²) in [5.74, 6) is 2.45. The zero-order chi connectivity index (χ0) is 49.9. The number of carbonyl (C=O) groups is 6. The SMILES string of the molecule is C1CC2C3CCC(C3)C2C1.C=C(C)C(=O)OCC(COCC)OC(=O)CCCC.C=C(C)C(=O)OCCCC.C=C(C)C(=O)OCCCCCCC(=O)OC(COCC)COC(=O)C(=C)C. The van der Waals surface area contributed by atoms with Gasteiger partial charge in [0, 0.05) is 48.3 Å². The largest absolute Gasteiger partial charge is 0.462 e. The van der Waals surface area contributed by atoms with Crippen LogP contribution in [0.2, 0.25) is 0 Å². The molecule has 0 saturated heterocycles. The fourth-order valence-electron chi connectivity index (χ4n) is 7.59. The number of hydrogen-bond donors (Lipinski definition) is 0. The third-order valence-electron chi connectivity index (χ3n) is 11.1. The maximum atomic E-state index is 11.9. The number of ether oxygens (including phenoxy) is 8. The van der Waals surface area contributed by atoms with Crippen LogP contribution in [0.25, 0.3) is 0 Å². The Kier molecular flexibility index (Phi) is 35.3. The highest BCUT2D eigenvalue weighted by Gasteiger charge is 2.48. The Labute approximate surface area is 396 Å².